The Bertz CT molecular complexity index is 638. The second kappa shape index (κ2) is 5.65. The maximum atomic E-state index is 12.6. The van der Waals surface area contributed by atoms with Crippen LogP contribution in [0.4, 0.5) is 11.4 Å². The van der Waals surface area contributed by atoms with Crippen LogP contribution in [0.3, 0.4) is 0 Å². The summed E-state index contributed by atoms with van der Waals surface area (Å²) >= 11 is 0. The molecule has 0 bridgehead atoms. The minimum atomic E-state index is -0.167. The number of hydrogen-bond donors (Lipinski definition) is 2. The van der Waals surface area contributed by atoms with Gasteiger partial charge in [0, 0.05) is 18.3 Å². The molecule has 0 aliphatic carbocycles. The molecule has 3 N–H and O–H groups in total. The molecular weight excluding hydrogens is 252 g/mol. The molecule has 4 nitrogen and oxygen atoms in total. The van der Waals surface area contributed by atoms with Gasteiger partial charge in [0.1, 0.15) is 5.75 Å². The Morgan fingerprint density at radius 3 is 2.60 bits per heavy atom. The normalized spacial score (nSPS) is 10.3. The molecule has 0 heterocycles. The summed E-state index contributed by atoms with van der Waals surface area (Å²) in [6.45, 7) is 4.29. The minimum Gasteiger partial charge on any atom is -0.508 e. The topological polar surface area (TPSA) is 66.6 Å². The molecule has 2 rings (SSSR count). The molecular formula is C16H18N2O2. The molecule has 2 aromatic carbocycles. The number of rotatable bonds is 3. The molecule has 0 atom stereocenters. The lowest BCUT2D eigenvalue weighted by Crippen LogP contribution is -2.31. The number of phenolic OH excluding ortho intramolecular Hbond substituents is 1. The number of nitrogens with two attached hydrogens (primary N) is 1. The third-order valence-corrected chi connectivity index (χ3v) is 3.24. The zero-order valence-electron chi connectivity index (χ0n) is 11.6. The second-order valence-corrected chi connectivity index (χ2v) is 4.61. The van der Waals surface area contributed by atoms with Crippen LogP contribution in [-0.2, 0) is 0 Å². The summed E-state index contributed by atoms with van der Waals surface area (Å²) in [5.41, 5.74) is 8.40. The third-order valence-electron chi connectivity index (χ3n) is 3.24. The number of carbonyl (C=O) groups is 1. The summed E-state index contributed by atoms with van der Waals surface area (Å²) in [6.07, 6.45) is 0. The highest BCUT2D eigenvalue weighted by Crippen LogP contribution is 2.27. The lowest BCUT2D eigenvalue weighted by atomic mass is 10.1. The number of nitrogens with zero attached hydrogens (tertiary/aromatic N) is 1. The largest absolute Gasteiger partial charge is 0.508 e. The number of nitrogen functional groups attached to an aromatic ring is 1. The van der Waals surface area contributed by atoms with Crippen molar-refractivity contribution in [2.24, 2.45) is 0 Å². The van der Waals surface area contributed by atoms with Crippen molar-refractivity contribution < 1.29 is 9.90 Å². The molecule has 2 aromatic rings. The van der Waals surface area contributed by atoms with Gasteiger partial charge in [-0.1, -0.05) is 18.2 Å². The number of aryl methyl sites for hydroxylation is 1. The Kier molecular flexibility index (Phi) is 3.94. The Morgan fingerprint density at radius 1 is 1.25 bits per heavy atom. The van der Waals surface area contributed by atoms with E-state index >= 15 is 0 Å². The fourth-order valence-electron chi connectivity index (χ4n) is 2.15. The van der Waals surface area contributed by atoms with Crippen molar-refractivity contribution in [2.75, 3.05) is 17.2 Å². The van der Waals surface area contributed by atoms with Crippen LogP contribution in [0.2, 0.25) is 0 Å². The number of benzene rings is 2. The molecule has 0 saturated carbocycles. The fourth-order valence-corrected chi connectivity index (χ4v) is 2.15. The van der Waals surface area contributed by atoms with Gasteiger partial charge in [-0.15, -0.1) is 0 Å². The average Bonchev–Trinajstić information content (AvgIpc) is 2.44. The summed E-state index contributed by atoms with van der Waals surface area (Å²) < 4.78 is 0. The molecule has 0 aliphatic heterocycles. The van der Waals surface area contributed by atoms with E-state index in [1.807, 2.05) is 13.8 Å². The molecule has 0 spiro atoms. The average molecular weight is 270 g/mol. The molecule has 0 fully saturated rings. The quantitative estimate of drug-likeness (QED) is 0.843. The predicted octanol–water partition coefficient (Wildman–Crippen LogP) is 2.95. The van der Waals surface area contributed by atoms with Gasteiger partial charge in [0.05, 0.1) is 11.3 Å². The second-order valence-electron chi connectivity index (χ2n) is 4.61. The van der Waals surface area contributed by atoms with E-state index in [0.29, 0.717) is 23.5 Å². The fraction of sp³-hybridized carbons (Fsp3) is 0.188. The van der Waals surface area contributed by atoms with E-state index in [4.69, 9.17) is 5.73 Å². The van der Waals surface area contributed by atoms with Gasteiger partial charge in [-0.2, -0.15) is 0 Å². The number of anilines is 2. The summed E-state index contributed by atoms with van der Waals surface area (Å²) in [5, 5.41) is 9.63. The molecule has 0 unspecified atom stereocenters. The van der Waals surface area contributed by atoms with Crippen LogP contribution in [0.5, 0.6) is 5.75 Å². The van der Waals surface area contributed by atoms with Gasteiger partial charge in [-0.3, -0.25) is 4.79 Å². The van der Waals surface area contributed by atoms with Crippen LogP contribution in [0, 0.1) is 6.92 Å². The van der Waals surface area contributed by atoms with Crippen LogP contribution in [0.25, 0.3) is 0 Å². The van der Waals surface area contributed by atoms with Crippen LogP contribution < -0.4 is 10.6 Å². The zero-order valence-corrected chi connectivity index (χ0v) is 11.6. The van der Waals surface area contributed by atoms with Crippen LogP contribution in [0.15, 0.2) is 42.5 Å². The first-order valence-electron chi connectivity index (χ1n) is 6.50. The van der Waals surface area contributed by atoms with E-state index in [0.717, 1.165) is 5.56 Å². The van der Waals surface area contributed by atoms with Crippen molar-refractivity contribution in [3.63, 3.8) is 0 Å². The van der Waals surface area contributed by atoms with Crippen molar-refractivity contribution in [3.8, 4) is 5.75 Å². The Labute approximate surface area is 118 Å². The van der Waals surface area contributed by atoms with E-state index < -0.39 is 0 Å². The maximum absolute atomic E-state index is 12.6. The van der Waals surface area contributed by atoms with E-state index in [9.17, 15) is 9.90 Å². The first-order valence-corrected chi connectivity index (χ1v) is 6.50. The first-order chi connectivity index (χ1) is 9.54. The lowest BCUT2D eigenvalue weighted by molar-refractivity contribution is 0.0989. The van der Waals surface area contributed by atoms with Crippen molar-refractivity contribution in [1.29, 1.82) is 0 Å². The molecule has 104 valence electrons. The SMILES string of the molecule is CCN(C(=O)c1ccccc1N)c1cc(O)ccc1C. The Balaban J connectivity index is 2.45. The van der Waals surface area contributed by atoms with Gasteiger partial charge < -0.3 is 15.7 Å². The van der Waals surface area contributed by atoms with Gasteiger partial charge in [0.15, 0.2) is 0 Å². The molecule has 20 heavy (non-hydrogen) atoms. The number of amides is 1. The summed E-state index contributed by atoms with van der Waals surface area (Å²) in [6, 6.07) is 12.0. The van der Waals surface area contributed by atoms with Crippen LogP contribution in [-0.4, -0.2) is 17.6 Å². The number of carbonyl (C=O) groups excluding carboxylic acids is 1. The van der Waals surface area contributed by atoms with Gasteiger partial charge in [0.25, 0.3) is 5.91 Å². The van der Waals surface area contributed by atoms with Gasteiger partial charge in [-0.25, -0.2) is 0 Å². The number of hydrogen-bond acceptors (Lipinski definition) is 3. The van der Waals surface area contributed by atoms with Crippen molar-refractivity contribution >= 4 is 17.3 Å². The molecule has 0 saturated heterocycles. The molecule has 0 aromatic heterocycles. The zero-order chi connectivity index (χ0) is 14.7. The van der Waals surface area contributed by atoms with Crippen molar-refractivity contribution in [3.05, 3.63) is 53.6 Å². The van der Waals surface area contributed by atoms with E-state index in [1.165, 1.54) is 0 Å². The standard InChI is InChI=1S/C16H18N2O2/c1-3-18(15-10-12(19)9-8-11(15)2)16(20)13-6-4-5-7-14(13)17/h4-10,19H,3,17H2,1-2H3. The van der Waals surface area contributed by atoms with Gasteiger partial charge >= 0.3 is 0 Å². The lowest BCUT2D eigenvalue weighted by Gasteiger charge is -2.23. The predicted molar refractivity (Wildman–Crippen MR) is 81.0 cm³/mol. The Hall–Kier alpha value is -2.49. The number of phenols is 1. The van der Waals surface area contributed by atoms with E-state index in [2.05, 4.69) is 0 Å². The summed E-state index contributed by atoms with van der Waals surface area (Å²) in [5.74, 6) is -0.0304. The van der Waals surface area contributed by atoms with Gasteiger partial charge in [0.2, 0.25) is 0 Å². The molecule has 0 aliphatic rings. The Morgan fingerprint density at radius 2 is 1.95 bits per heavy atom. The van der Waals surface area contributed by atoms with Crippen molar-refractivity contribution in [1.82, 2.24) is 0 Å². The van der Waals surface area contributed by atoms with Crippen molar-refractivity contribution in [2.45, 2.75) is 13.8 Å². The van der Waals surface area contributed by atoms with Gasteiger partial charge in [-0.05, 0) is 37.6 Å². The van der Waals surface area contributed by atoms with E-state index in [1.54, 1.807) is 47.4 Å². The highest BCUT2D eigenvalue weighted by Gasteiger charge is 2.19. The molecule has 0 radical (unpaired) electrons. The number of para-hydroxylation sites is 1. The highest BCUT2D eigenvalue weighted by molar-refractivity contribution is 6.09. The first kappa shape index (κ1) is 13.9. The molecule has 4 heteroatoms. The minimum absolute atomic E-state index is 0.137. The summed E-state index contributed by atoms with van der Waals surface area (Å²) in [4.78, 5) is 14.2. The highest BCUT2D eigenvalue weighted by atomic mass is 16.3. The third kappa shape index (κ3) is 2.59. The summed E-state index contributed by atoms with van der Waals surface area (Å²) in [7, 11) is 0. The van der Waals surface area contributed by atoms with Crippen LogP contribution in [0.1, 0.15) is 22.8 Å². The molecule has 1 amide bonds. The van der Waals surface area contributed by atoms with E-state index in [-0.39, 0.29) is 11.7 Å². The maximum Gasteiger partial charge on any atom is 0.260 e. The number of aromatic hydroxyl groups is 1. The van der Waals surface area contributed by atoms with Crippen LogP contribution >= 0.6 is 0 Å². The monoisotopic (exact) mass is 270 g/mol. The smallest absolute Gasteiger partial charge is 0.260 e.